The third-order valence-corrected chi connectivity index (χ3v) is 5.06. The highest BCUT2D eigenvalue weighted by atomic mass is 32.2. The monoisotopic (exact) mass is 284 g/mol. The Balaban J connectivity index is 1.54. The molecule has 0 N–H and O–H groups in total. The molecule has 0 fully saturated rings. The predicted octanol–water partition coefficient (Wildman–Crippen LogP) is 3.45. The van der Waals surface area contributed by atoms with Gasteiger partial charge >= 0.3 is 0 Å². The summed E-state index contributed by atoms with van der Waals surface area (Å²) in [5.41, 5.74) is 2.71. The average molecular weight is 284 g/mol. The molecule has 1 aromatic carbocycles. The van der Waals surface area contributed by atoms with E-state index in [1.807, 2.05) is 24.0 Å². The van der Waals surface area contributed by atoms with Crippen LogP contribution < -0.4 is 0 Å². The summed E-state index contributed by atoms with van der Waals surface area (Å²) < 4.78 is 0. The van der Waals surface area contributed by atoms with E-state index >= 15 is 0 Å². The van der Waals surface area contributed by atoms with Crippen LogP contribution in [0.3, 0.4) is 0 Å². The van der Waals surface area contributed by atoms with Crippen LogP contribution in [0.25, 0.3) is 0 Å². The number of thioether (sulfide) groups is 1. The summed E-state index contributed by atoms with van der Waals surface area (Å²) >= 11 is 1.99. The molecule has 1 aliphatic rings. The predicted molar refractivity (Wildman–Crippen MR) is 85.3 cm³/mol. The quantitative estimate of drug-likeness (QED) is 0.836. The SMILES string of the molecule is CN(CCc1ccccn1)CC1CSc2ccccc21. The molecule has 0 saturated heterocycles. The lowest BCUT2D eigenvalue weighted by Crippen LogP contribution is -2.27. The summed E-state index contributed by atoms with van der Waals surface area (Å²) in [7, 11) is 2.22. The van der Waals surface area contributed by atoms with E-state index in [-0.39, 0.29) is 0 Å². The van der Waals surface area contributed by atoms with Gasteiger partial charge in [0.25, 0.3) is 0 Å². The number of hydrogen-bond acceptors (Lipinski definition) is 3. The van der Waals surface area contributed by atoms with Crippen molar-refractivity contribution in [2.75, 3.05) is 25.9 Å². The van der Waals surface area contributed by atoms with Gasteiger partial charge in [0.2, 0.25) is 0 Å². The van der Waals surface area contributed by atoms with Gasteiger partial charge in [0.15, 0.2) is 0 Å². The van der Waals surface area contributed by atoms with Crippen LogP contribution in [0.15, 0.2) is 53.6 Å². The highest BCUT2D eigenvalue weighted by Gasteiger charge is 2.23. The molecular formula is C17H20N2S. The maximum atomic E-state index is 4.39. The number of pyridine rings is 1. The number of nitrogens with zero attached hydrogens (tertiary/aromatic N) is 2. The zero-order valence-electron chi connectivity index (χ0n) is 11.8. The van der Waals surface area contributed by atoms with Crippen molar-refractivity contribution in [2.45, 2.75) is 17.2 Å². The molecule has 0 amide bonds. The van der Waals surface area contributed by atoms with Crippen molar-refractivity contribution in [3.63, 3.8) is 0 Å². The molecule has 3 heteroatoms. The molecule has 20 heavy (non-hydrogen) atoms. The molecule has 0 radical (unpaired) electrons. The lowest BCUT2D eigenvalue weighted by Gasteiger charge is -2.21. The molecule has 104 valence electrons. The molecule has 3 rings (SSSR count). The van der Waals surface area contributed by atoms with Crippen LogP contribution in [-0.2, 0) is 6.42 Å². The third kappa shape index (κ3) is 3.22. The Bertz CT molecular complexity index is 556. The van der Waals surface area contributed by atoms with Gasteiger partial charge in [-0.1, -0.05) is 24.3 Å². The summed E-state index contributed by atoms with van der Waals surface area (Å²) in [6, 6.07) is 15.0. The van der Waals surface area contributed by atoms with E-state index in [1.165, 1.54) is 21.9 Å². The summed E-state index contributed by atoms with van der Waals surface area (Å²) in [4.78, 5) is 8.29. The molecule has 1 atom stereocenters. The second-order valence-electron chi connectivity index (χ2n) is 5.38. The van der Waals surface area contributed by atoms with Crippen LogP contribution in [0.2, 0.25) is 0 Å². The van der Waals surface area contributed by atoms with Crippen LogP contribution in [0, 0.1) is 0 Å². The van der Waals surface area contributed by atoms with E-state index in [9.17, 15) is 0 Å². The van der Waals surface area contributed by atoms with Gasteiger partial charge in [-0.25, -0.2) is 0 Å². The number of fused-ring (bicyclic) bond motifs is 1. The summed E-state index contributed by atoms with van der Waals surface area (Å²) in [5.74, 6) is 1.89. The van der Waals surface area contributed by atoms with Crippen LogP contribution in [0.5, 0.6) is 0 Å². The van der Waals surface area contributed by atoms with E-state index in [2.05, 4.69) is 53.3 Å². The molecule has 2 aromatic rings. The Hall–Kier alpha value is -1.32. The Labute approximate surface area is 125 Å². The summed E-state index contributed by atoms with van der Waals surface area (Å²) in [5, 5.41) is 0. The van der Waals surface area contributed by atoms with Gasteiger partial charge in [0.1, 0.15) is 0 Å². The van der Waals surface area contributed by atoms with E-state index < -0.39 is 0 Å². The highest BCUT2D eigenvalue weighted by molar-refractivity contribution is 7.99. The molecular weight excluding hydrogens is 264 g/mol. The van der Waals surface area contributed by atoms with Crippen LogP contribution in [0.4, 0.5) is 0 Å². The van der Waals surface area contributed by atoms with Crippen molar-refractivity contribution in [1.29, 1.82) is 0 Å². The van der Waals surface area contributed by atoms with Crippen molar-refractivity contribution < 1.29 is 0 Å². The highest BCUT2D eigenvalue weighted by Crippen LogP contribution is 2.39. The third-order valence-electron chi connectivity index (χ3n) is 3.81. The van der Waals surface area contributed by atoms with Gasteiger partial charge < -0.3 is 4.90 Å². The van der Waals surface area contributed by atoms with Crippen LogP contribution in [-0.4, -0.2) is 35.8 Å². The Morgan fingerprint density at radius 3 is 2.90 bits per heavy atom. The molecule has 0 bridgehead atoms. The van der Waals surface area contributed by atoms with Crippen molar-refractivity contribution in [3.05, 3.63) is 59.9 Å². The van der Waals surface area contributed by atoms with E-state index in [0.29, 0.717) is 5.92 Å². The van der Waals surface area contributed by atoms with E-state index in [4.69, 9.17) is 0 Å². The molecule has 1 aliphatic heterocycles. The first-order chi connectivity index (χ1) is 9.83. The maximum absolute atomic E-state index is 4.39. The standard InChI is InChI=1S/C17H20N2S/c1-19(11-9-15-6-4-5-10-18-15)12-14-13-20-17-8-3-2-7-16(14)17/h2-8,10,14H,9,11-13H2,1H3. The summed E-state index contributed by atoms with van der Waals surface area (Å²) in [6.45, 7) is 2.21. The first kappa shape index (κ1) is 13.7. The average Bonchev–Trinajstić information content (AvgIpc) is 2.90. The molecule has 0 aliphatic carbocycles. The number of rotatable bonds is 5. The first-order valence-corrected chi connectivity index (χ1v) is 8.11. The number of hydrogen-bond donors (Lipinski definition) is 0. The molecule has 1 unspecified atom stereocenters. The smallest absolute Gasteiger partial charge is 0.0416 e. The van der Waals surface area contributed by atoms with Crippen molar-refractivity contribution in [2.24, 2.45) is 0 Å². The second kappa shape index (κ2) is 6.42. The lowest BCUT2D eigenvalue weighted by molar-refractivity contribution is 0.321. The Morgan fingerprint density at radius 1 is 1.20 bits per heavy atom. The number of likely N-dealkylation sites (N-methyl/N-ethyl adjacent to an activating group) is 1. The minimum atomic E-state index is 0.671. The van der Waals surface area contributed by atoms with Crippen molar-refractivity contribution in [3.8, 4) is 0 Å². The number of benzene rings is 1. The van der Waals surface area contributed by atoms with Crippen LogP contribution in [0.1, 0.15) is 17.2 Å². The second-order valence-corrected chi connectivity index (χ2v) is 6.44. The zero-order chi connectivity index (χ0) is 13.8. The Morgan fingerprint density at radius 2 is 2.05 bits per heavy atom. The van der Waals surface area contributed by atoms with Gasteiger partial charge in [-0.3, -0.25) is 4.98 Å². The fraction of sp³-hybridized carbons (Fsp3) is 0.353. The molecule has 2 nitrogen and oxygen atoms in total. The molecule has 0 saturated carbocycles. The summed E-state index contributed by atoms with van der Waals surface area (Å²) in [6.07, 6.45) is 2.90. The van der Waals surface area contributed by atoms with Gasteiger partial charge in [-0.15, -0.1) is 11.8 Å². The van der Waals surface area contributed by atoms with E-state index in [0.717, 1.165) is 19.5 Å². The lowest BCUT2D eigenvalue weighted by atomic mass is 10.0. The molecule has 2 heterocycles. The maximum Gasteiger partial charge on any atom is 0.0416 e. The normalized spacial score (nSPS) is 17.4. The van der Waals surface area contributed by atoms with E-state index in [1.54, 1.807) is 0 Å². The van der Waals surface area contributed by atoms with Gasteiger partial charge in [-0.2, -0.15) is 0 Å². The number of aromatic nitrogens is 1. The van der Waals surface area contributed by atoms with Crippen LogP contribution >= 0.6 is 11.8 Å². The minimum Gasteiger partial charge on any atom is -0.305 e. The van der Waals surface area contributed by atoms with Crippen molar-refractivity contribution >= 4 is 11.8 Å². The topological polar surface area (TPSA) is 16.1 Å². The minimum absolute atomic E-state index is 0.671. The van der Waals surface area contributed by atoms with Crippen molar-refractivity contribution in [1.82, 2.24) is 9.88 Å². The molecule has 0 spiro atoms. The van der Waals surface area contributed by atoms with Gasteiger partial charge in [0, 0.05) is 48.0 Å². The molecule has 1 aromatic heterocycles. The van der Waals surface area contributed by atoms with Gasteiger partial charge in [-0.05, 0) is 30.8 Å². The van der Waals surface area contributed by atoms with Gasteiger partial charge in [0.05, 0.1) is 0 Å². The zero-order valence-corrected chi connectivity index (χ0v) is 12.6. The first-order valence-electron chi connectivity index (χ1n) is 7.13. The Kier molecular flexibility index (Phi) is 4.38. The fourth-order valence-electron chi connectivity index (χ4n) is 2.70. The largest absolute Gasteiger partial charge is 0.305 e. The fourth-order valence-corrected chi connectivity index (χ4v) is 3.94.